The summed E-state index contributed by atoms with van der Waals surface area (Å²) in [6.07, 6.45) is 0.309. The smallest absolute Gasteiger partial charge is 0.226 e. The number of nitrogens with one attached hydrogen (secondary N) is 2. The Morgan fingerprint density at radius 1 is 1.04 bits per heavy atom. The summed E-state index contributed by atoms with van der Waals surface area (Å²) in [4.78, 5) is 40.1. The quantitative estimate of drug-likeness (QED) is 0.544. The van der Waals surface area contributed by atoms with Crippen molar-refractivity contribution in [2.75, 3.05) is 5.32 Å². The largest absolute Gasteiger partial charge is 0.352 e. The Labute approximate surface area is 170 Å². The van der Waals surface area contributed by atoms with Crippen LogP contribution in [0.25, 0.3) is 11.3 Å². The maximum atomic E-state index is 12.1. The molecule has 144 valence electrons. The van der Waals surface area contributed by atoms with Gasteiger partial charge in [-0.15, -0.1) is 22.7 Å². The van der Waals surface area contributed by atoms with Gasteiger partial charge in [-0.3, -0.25) is 14.4 Å². The minimum absolute atomic E-state index is 0.0238. The Morgan fingerprint density at radius 2 is 1.82 bits per heavy atom. The van der Waals surface area contributed by atoms with Crippen LogP contribution in [-0.2, 0) is 16.1 Å². The number of rotatable bonds is 8. The Kier molecular flexibility index (Phi) is 6.67. The van der Waals surface area contributed by atoms with E-state index in [2.05, 4.69) is 15.6 Å². The summed E-state index contributed by atoms with van der Waals surface area (Å²) >= 11 is 2.72. The van der Waals surface area contributed by atoms with Crippen LogP contribution in [0.4, 0.5) is 5.13 Å². The molecule has 2 aromatic heterocycles. The van der Waals surface area contributed by atoms with Crippen LogP contribution in [-0.4, -0.2) is 22.6 Å². The van der Waals surface area contributed by atoms with Gasteiger partial charge in [0.05, 0.1) is 10.6 Å². The predicted octanol–water partition coefficient (Wildman–Crippen LogP) is 4.11. The zero-order chi connectivity index (χ0) is 19.9. The monoisotopic (exact) mass is 413 g/mol. The van der Waals surface area contributed by atoms with Gasteiger partial charge < -0.3 is 10.6 Å². The van der Waals surface area contributed by atoms with Crippen molar-refractivity contribution in [3.8, 4) is 11.3 Å². The molecule has 0 spiro atoms. The first-order chi connectivity index (χ1) is 13.5. The first kappa shape index (κ1) is 19.9. The van der Waals surface area contributed by atoms with Crippen molar-refractivity contribution in [3.63, 3.8) is 0 Å². The molecular weight excluding hydrogens is 394 g/mol. The number of thiophene rings is 1. The summed E-state index contributed by atoms with van der Waals surface area (Å²) in [5.74, 6) is -0.318. The van der Waals surface area contributed by atoms with Gasteiger partial charge in [-0.1, -0.05) is 30.3 Å². The Hall–Kier alpha value is -2.84. The molecule has 0 unspecified atom stereocenters. The lowest BCUT2D eigenvalue weighted by Crippen LogP contribution is -2.18. The van der Waals surface area contributed by atoms with E-state index in [0.29, 0.717) is 16.6 Å². The van der Waals surface area contributed by atoms with Crippen molar-refractivity contribution >= 4 is 45.4 Å². The number of thiazole rings is 1. The van der Waals surface area contributed by atoms with Gasteiger partial charge in [0.2, 0.25) is 11.8 Å². The number of nitrogens with zero attached hydrogens (tertiary/aromatic N) is 1. The SMILES string of the molecule is CC(=O)NCc1ccc(-c2csc(NC(=O)CCC(=O)c3cccs3)n2)cc1. The second-order valence-corrected chi connectivity index (χ2v) is 7.90. The normalized spacial score (nSPS) is 10.5. The van der Waals surface area contributed by atoms with E-state index < -0.39 is 0 Å². The molecule has 0 saturated carbocycles. The number of hydrogen-bond donors (Lipinski definition) is 2. The van der Waals surface area contributed by atoms with Crippen LogP contribution in [0.15, 0.2) is 47.2 Å². The van der Waals surface area contributed by atoms with E-state index >= 15 is 0 Å². The Morgan fingerprint density at radius 3 is 2.50 bits per heavy atom. The predicted molar refractivity (Wildman–Crippen MR) is 112 cm³/mol. The van der Waals surface area contributed by atoms with Gasteiger partial charge in [-0.2, -0.15) is 0 Å². The number of anilines is 1. The zero-order valence-corrected chi connectivity index (χ0v) is 16.9. The van der Waals surface area contributed by atoms with Crippen molar-refractivity contribution in [1.29, 1.82) is 0 Å². The second kappa shape index (κ2) is 9.38. The highest BCUT2D eigenvalue weighted by Crippen LogP contribution is 2.25. The van der Waals surface area contributed by atoms with E-state index in [1.807, 2.05) is 41.1 Å². The number of ketones is 1. The molecule has 1 aromatic carbocycles. The van der Waals surface area contributed by atoms with Crippen molar-refractivity contribution < 1.29 is 14.4 Å². The number of amides is 2. The number of carbonyl (C=O) groups is 3. The first-order valence-electron chi connectivity index (χ1n) is 8.67. The summed E-state index contributed by atoms with van der Waals surface area (Å²) in [6.45, 7) is 1.97. The van der Waals surface area contributed by atoms with E-state index in [4.69, 9.17) is 0 Å². The Bertz CT molecular complexity index is 963. The lowest BCUT2D eigenvalue weighted by atomic mass is 10.1. The summed E-state index contributed by atoms with van der Waals surface area (Å²) < 4.78 is 0. The van der Waals surface area contributed by atoms with Crippen LogP contribution in [0.2, 0.25) is 0 Å². The average Bonchev–Trinajstić information content (AvgIpc) is 3.37. The lowest BCUT2D eigenvalue weighted by Gasteiger charge is -2.03. The third-order valence-corrected chi connectivity index (χ3v) is 5.59. The zero-order valence-electron chi connectivity index (χ0n) is 15.2. The molecule has 0 aliphatic heterocycles. The van der Waals surface area contributed by atoms with E-state index in [-0.39, 0.29) is 30.4 Å². The maximum Gasteiger partial charge on any atom is 0.226 e. The van der Waals surface area contributed by atoms with Crippen LogP contribution in [0.1, 0.15) is 35.0 Å². The molecule has 3 rings (SSSR count). The average molecular weight is 414 g/mol. The summed E-state index contributed by atoms with van der Waals surface area (Å²) in [5, 5.41) is 9.72. The molecule has 0 fully saturated rings. The van der Waals surface area contributed by atoms with E-state index in [0.717, 1.165) is 16.8 Å². The van der Waals surface area contributed by atoms with Crippen LogP contribution >= 0.6 is 22.7 Å². The molecule has 8 heteroatoms. The first-order valence-corrected chi connectivity index (χ1v) is 10.4. The lowest BCUT2D eigenvalue weighted by molar-refractivity contribution is -0.119. The van der Waals surface area contributed by atoms with E-state index in [1.165, 1.54) is 29.6 Å². The van der Waals surface area contributed by atoms with Gasteiger partial charge in [-0.25, -0.2) is 4.98 Å². The van der Waals surface area contributed by atoms with Gasteiger partial charge in [0.1, 0.15) is 0 Å². The molecule has 2 N–H and O–H groups in total. The molecule has 0 aliphatic carbocycles. The number of Topliss-reactive ketones (excluding diaryl/α,β-unsaturated/α-hetero) is 1. The van der Waals surface area contributed by atoms with E-state index in [9.17, 15) is 14.4 Å². The highest BCUT2D eigenvalue weighted by Gasteiger charge is 2.12. The standard InChI is InChI=1S/C20H19N3O3S2/c1-13(24)21-11-14-4-6-15(7-5-14)16-12-28-20(22-16)23-19(26)9-8-17(25)18-3-2-10-27-18/h2-7,10,12H,8-9,11H2,1H3,(H,21,24)(H,22,23,26). The van der Waals surface area contributed by atoms with Crippen molar-refractivity contribution in [1.82, 2.24) is 10.3 Å². The van der Waals surface area contributed by atoms with Gasteiger partial charge in [0, 0.05) is 37.3 Å². The maximum absolute atomic E-state index is 12.1. The van der Waals surface area contributed by atoms with E-state index in [1.54, 1.807) is 6.07 Å². The molecule has 0 bridgehead atoms. The molecule has 0 radical (unpaired) electrons. The minimum Gasteiger partial charge on any atom is -0.352 e. The number of benzene rings is 1. The van der Waals surface area contributed by atoms with Gasteiger partial charge in [-0.05, 0) is 17.0 Å². The van der Waals surface area contributed by atoms with Gasteiger partial charge >= 0.3 is 0 Å². The summed E-state index contributed by atoms with van der Waals surface area (Å²) in [7, 11) is 0. The summed E-state index contributed by atoms with van der Waals surface area (Å²) in [5.41, 5.74) is 2.69. The van der Waals surface area contributed by atoms with Crippen LogP contribution in [0.5, 0.6) is 0 Å². The fourth-order valence-corrected chi connectivity index (χ4v) is 3.88. The molecular formula is C20H19N3O3S2. The highest BCUT2D eigenvalue weighted by atomic mass is 32.1. The minimum atomic E-state index is -0.225. The fourth-order valence-electron chi connectivity index (χ4n) is 2.45. The fraction of sp³-hybridized carbons (Fsp3) is 0.200. The third kappa shape index (κ3) is 5.58. The van der Waals surface area contributed by atoms with Crippen LogP contribution < -0.4 is 10.6 Å². The molecule has 0 saturated heterocycles. The molecule has 6 nitrogen and oxygen atoms in total. The molecule has 0 aliphatic rings. The number of carbonyl (C=O) groups excluding carboxylic acids is 3. The molecule has 0 atom stereocenters. The molecule has 3 aromatic rings. The molecule has 2 heterocycles. The van der Waals surface area contributed by atoms with Gasteiger partial charge in [0.15, 0.2) is 10.9 Å². The molecule has 2 amide bonds. The summed E-state index contributed by atoms with van der Waals surface area (Å²) in [6, 6.07) is 11.3. The highest BCUT2D eigenvalue weighted by molar-refractivity contribution is 7.14. The van der Waals surface area contributed by atoms with Crippen LogP contribution in [0, 0.1) is 0 Å². The van der Waals surface area contributed by atoms with Gasteiger partial charge in [0.25, 0.3) is 0 Å². The van der Waals surface area contributed by atoms with Crippen molar-refractivity contribution in [3.05, 3.63) is 57.6 Å². The van der Waals surface area contributed by atoms with Crippen LogP contribution in [0.3, 0.4) is 0 Å². The Balaban J connectivity index is 1.52. The second-order valence-electron chi connectivity index (χ2n) is 6.09. The molecule has 28 heavy (non-hydrogen) atoms. The number of hydrogen-bond acceptors (Lipinski definition) is 6. The van der Waals surface area contributed by atoms with Crippen molar-refractivity contribution in [2.24, 2.45) is 0 Å². The third-order valence-electron chi connectivity index (χ3n) is 3.92. The topological polar surface area (TPSA) is 88.2 Å². The number of aromatic nitrogens is 1. The van der Waals surface area contributed by atoms with Crippen molar-refractivity contribution in [2.45, 2.75) is 26.3 Å².